The van der Waals surface area contributed by atoms with Crippen molar-refractivity contribution in [3.8, 4) is 0 Å². The highest BCUT2D eigenvalue weighted by Crippen LogP contribution is 2.28. The quantitative estimate of drug-likeness (QED) is 0.741. The zero-order valence-electron chi connectivity index (χ0n) is 16.6. The lowest BCUT2D eigenvalue weighted by Gasteiger charge is -2.35. The van der Waals surface area contributed by atoms with Crippen LogP contribution in [0.1, 0.15) is 26.7 Å². The molecule has 0 radical (unpaired) electrons. The van der Waals surface area contributed by atoms with Gasteiger partial charge in [-0.3, -0.25) is 14.5 Å². The molecule has 2 fully saturated rings. The Morgan fingerprint density at radius 1 is 1.21 bits per heavy atom. The number of fused-ring (bicyclic) bond motifs is 1. The van der Waals surface area contributed by atoms with Gasteiger partial charge in [-0.25, -0.2) is 14.8 Å². The number of aromatic nitrogens is 2. The van der Waals surface area contributed by atoms with E-state index >= 15 is 0 Å². The van der Waals surface area contributed by atoms with Crippen molar-refractivity contribution in [1.29, 1.82) is 0 Å². The molecule has 29 heavy (non-hydrogen) atoms. The molecule has 0 aromatic carbocycles. The summed E-state index contributed by atoms with van der Waals surface area (Å²) >= 11 is 1.54. The number of urea groups is 1. The van der Waals surface area contributed by atoms with Gasteiger partial charge >= 0.3 is 6.03 Å². The van der Waals surface area contributed by atoms with Gasteiger partial charge in [0.1, 0.15) is 22.4 Å². The van der Waals surface area contributed by atoms with Gasteiger partial charge in [0.15, 0.2) is 5.13 Å². The van der Waals surface area contributed by atoms with Gasteiger partial charge in [0.2, 0.25) is 5.91 Å². The largest absolute Gasteiger partial charge is 0.344 e. The van der Waals surface area contributed by atoms with Crippen LogP contribution in [0.5, 0.6) is 0 Å². The van der Waals surface area contributed by atoms with Crippen molar-refractivity contribution in [2.45, 2.75) is 32.2 Å². The summed E-state index contributed by atoms with van der Waals surface area (Å²) in [6.45, 7) is 5.88. The first-order valence-electron chi connectivity index (χ1n) is 9.86. The molecule has 4 rings (SSSR count). The lowest BCUT2D eigenvalue weighted by Crippen LogP contribution is -2.52. The number of anilines is 1. The molecule has 2 aliphatic heterocycles. The molecule has 0 unspecified atom stereocenters. The Kier molecular flexibility index (Phi) is 5.12. The van der Waals surface area contributed by atoms with Crippen molar-refractivity contribution in [1.82, 2.24) is 25.1 Å². The minimum Gasteiger partial charge on any atom is -0.344 e. The third-order valence-electron chi connectivity index (χ3n) is 5.80. The minimum absolute atomic E-state index is 0.206. The maximum atomic E-state index is 12.7. The summed E-state index contributed by atoms with van der Waals surface area (Å²) in [5, 5.41) is 3.66. The first-order valence-corrected chi connectivity index (χ1v) is 10.7. The standard InChI is InChI=1S/C19H24N6O3S/c1-3-19(4-2)16(27)25(17(28)22-19)12-14(26)23-8-10-24(11-9-23)18-21-13-6-5-7-20-15(13)29-18/h5-7H,3-4,8-12H2,1-2H3,(H,22,28). The van der Waals surface area contributed by atoms with Gasteiger partial charge < -0.3 is 15.1 Å². The van der Waals surface area contributed by atoms with Crippen LogP contribution in [0.3, 0.4) is 0 Å². The molecular formula is C19H24N6O3S. The lowest BCUT2D eigenvalue weighted by atomic mass is 9.93. The smallest absolute Gasteiger partial charge is 0.325 e. The zero-order valence-corrected chi connectivity index (χ0v) is 17.4. The molecule has 4 heterocycles. The summed E-state index contributed by atoms with van der Waals surface area (Å²) in [6.07, 6.45) is 2.77. The number of imide groups is 1. The predicted octanol–water partition coefficient (Wildman–Crippen LogP) is 1.45. The molecular weight excluding hydrogens is 392 g/mol. The Hall–Kier alpha value is -2.75. The van der Waals surface area contributed by atoms with E-state index in [2.05, 4.69) is 20.2 Å². The molecule has 0 atom stereocenters. The van der Waals surface area contributed by atoms with E-state index in [0.29, 0.717) is 39.0 Å². The number of amides is 4. The monoisotopic (exact) mass is 416 g/mol. The number of nitrogens with one attached hydrogen (secondary N) is 1. The highest BCUT2D eigenvalue weighted by Gasteiger charge is 2.49. The Morgan fingerprint density at radius 3 is 2.55 bits per heavy atom. The molecule has 2 aromatic rings. The number of carbonyl (C=O) groups excluding carboxylic acids is 3. The topological polar surface area (TPSA) is 98.7 Å². The van der Waals surface area contributed by atoms with Crippen molar-refractivity contribution in [2.24, 2.45) is 0 Å². The fraction of sp³-hybridized carbons (Fsp3) is 0.526. The number of rotatable bonds is 5. The maximum Gasteiger partial charge on any atom is 0.325 e. The van der Waals surface area contributed by atoms with Crippen LogP contribution in [-0.2, 0) is 9.59 Å². The molecule has 0 bridgehead atoms. The van der Waals surface area contributed by atoms with Crippen molar-refractivity contribution >= 4 is 44.7 Å². The highest BCUT2D eigenvalue weighted by atomic mass is 32.1. The van der Waals surface area contributed by atoms with Gasteiger partial charge in [-0.2, -0.15) is 0 Å². The predicted molar refractivity (Wildman–Crippen MR) is 110 cm³/mol. The van der Waals surface area contributed by atoms with Crippen molar-refractivity contribution < 1.29 is 14.4 Å². The van der Waals surface area contributed by atoms with Crippen LogP contribution in [0.25, 0.3) is 10.3 Å². The Morgan fingerprint density at radius 2 is 1.93 bits per heavy atom. The van der Waals surface area contributed by atoms with Crippen molar-refractivity contribution in [2.75, 3.05) is 37.6 Å². The molecule has 1 N–H and O–H groups in total. The highest BCUT2D eigenvalue weighted by molar-refractivity contribution is 7.21. The first-order chi connectivity index (χ1) is 14.0. The van der Waals surface area contributed by atoms with Crippen molar-refractivity contribution in [3.63, 3.8) is 0 Å². The van der Waals surface area contributed by atoms with E-state index in [1.165, 1.54) is 11.3 Å². The second kappa shape index (κ2) is 7.58. The van der Waals surface area contributed by atoms with E-state index in [4.69, 9.17) is 0 Å². The van der Waals surface area contributed by atoms with Gasteiger partial charge in [-0.15, -0.1) is 0 Å². The van der Waals surface area contributed by atoms with Crippen LogP contribution in [0, 0.1) is 0 Å². The summed E-state index contributed by atoms with van der Waals surface area (Å²) in [5.41, 5.74) is -0.00313. The summed E-state index contributed by atoms with van der Waals surface area (Å²) in [5.74, 6) is -0.511. The fourth-order valence-electron chi connectivity index (χ4n) is 3.83. The summed E-state index contributed by atoms with van der Waals surface area (Å²) in [6, 6.07) is 3.32. The van der Waals surface area contributed by atoms with E-state index in [1.807, 2.05) is 26.0 Å². The Balaban J connectivity index is 1.37. The number of piperazine rings is 1. The lowest BCUT2D eigenvalue weighted by molar-refractivity contribution is -0.139. The van der Waals surface area contributed by atoms with E-state index in [0.717, 1.165) is 20.4 Å². The molecule has 2 aromatic heterocycles. The molecule has 9 nitrogen and oxygen atoms in total. The molecule has 4 amide bonds. The van der Waals surface area contributed by atoms with Crippen LogP contribution in [-0.4, -0.2) is 75.9 Å². The molecule has 2 saturated heterocycles. The van der Waals surface area contributed by atoms with Gasteiger partial charge in [0.05, 0.1) is 0 Å². The number of nitrogens with zero attached hydrogens (tertiary/aromatic N) is 5. The third kappa shape index (κ3) is 3.41. The number of hydrogen-bond acceptors (Lipinski definition) is 7. The van der Waals surface area contributed by atoms with Crippen molar-refractivity contribution in [3.05, 3.63) is 18.3 Å². The molecule has 10 heteroatoms. The summed E-state index contributed by atoms with van der Waals surface area (Å²) in [7, 11) is 0. The zero-order chi connectivity index (χ0) is 20.6. The third-order valence-corrected chi connectivity index (χ3v) is 6.84. The number of thiazole rings is 1. The fourth-order valence-corrected chi connectivity index (χ4v) is 4.79. The first kappa shape index (κ1) is 19.6. The molecule has 0 saturated carbocycles. The van der Waals surface area contributed by atoms with Crippen LogP contribution in [0.2, 0.25) is 0 Å². The van der Waals surface area contributed by atoms with Gasteiger partial charge in [-0.05, 0) is 25.0 Å². The molecule has 2 aliphatic rings. The van der Waals surface area contributed by atoms with Gasteiger partial charge in [-0.1, -0.05) is 25.2 Å². The second-order valence-electron chi connectivity index (χ2n) is 7.30. The minimum atomic E-state index is -0.878. The summed E-state index contributed by atoms with van der Waals surface area (Å²) in [4.78, 5) is 52.4. The van der Waals surface area contributed by atoms with Crippen LogP contribution in [0.4, 0.5) is 9.93 Å². The normalized spacial score (nSPS) is 19.2. The summed E-state index contributed by atoms with van der Waals surface area (Å²) < 4.78 is 0. The molecule has 0 spiro atoms. The van der Waals surface area contributed by atoms with Crippen LogP contribution in [0.15, 0.2) is 18.3 Å². The van der Waals surface area contributed by atoms with E-state index < -0.39 is 11.6 Å². The molecule has 0 aliphatic carbocycles. The van der Waals surface area contributed by atoms with Gasteiger partial charge in [0.25, 0.3) is 5.91 Å². The van der Waals surface area contributed by atoms with Crippen LogP contribution >= 0.6 is 11.3 Å². The number of hydrogen-bond donors (Lipinski definition) is 1. The Bertz CT molecular complexity index is 915. The van der Waals surface area contributed by atoms with Crippen LogP contribution < -0.4 is 10.2 Å². The molecule has 154 valence electrons. The SMILES string of the molecule is CCC1(CC)NC(=O)N(CC(=O)N2CCN(c3nc4cccnc4s3)CC2)C1=O. The Labute approximate surface area is 172 Å². The number of carbonyl (C=O) groups is 3. The van der Waals surface area contributed by atoms with Gasteiger partial charge in [0, 0.05) is 32.4 Å². The van der Waals surface area contributed by atoms with E-state index in [9.17, 15) is 14.4 Å². The van der Waals surface area contributed by atoms with E-state index in [-0.39, 0.29) is 18.4 Å². The maximum absolute atomic E-state index is 12.7. The second-order valence-corrected chi connectivity index (χ2v) is 8.26. The average molecular weight is 417 g/mol. The average Bonchev–Trinajstić information content (AvgIpc) is 3.28. The van der Waals surface area contributed by atoms with E-state index in [1.54, 1.807) is 11.1 Å². The number of pyridine rings is 1.